The first-order valence-electron chi connectivity index (χ1n) is 6.97. The summed E-state index contributed by atoms with van der Waals surface area (Å²) in [6.45, 7) is 5.81. The molecule has 0 bridgehead atoms. The SMILES string of the molecule is CCNCc1cc(F)c(OCc2nccn2CC)c(F)c1. The zero-order chi connectivity index (χ0) is 15.2. The van der Waals surface area contributed by atoms with E-state index in [1.54, 1.807) is 12.4 Å². The van der Waals surface area contributed by atoms with Gasteiger partial charge in [0.15, 0.2) is 17.4 Å². The average Bonchev–Trinajstić information content (AvgIpc) is 2.91. The lowest BCUT2D eigenvalue weighted by Crippen LogP contribution is -2.13. The Labute approximate surface area is 122 Å². The number of halogens is 2. The first-order valence-corrected chi connectivity index (χ1v) is 6.97. The predicted molar refractivity (Wildman–Crippen MR) is 76.0 cm³/mol. The molecule has 0 aliphatic carbocycles. The van der Waals surface area contributed by atoms with Crippen molar-refractivity contribution in [2.45, 2.75) is 33.5 Å². The molecule has 6 heteroatoms. The molecular formula is C15H19F2N3O. The molecular weight excluding hydrogens is 276 g/mol. The van der Waals surface area contributed by atoms with Gasteiger partial charge in [-0.2, -0.15) is 0 Å². The number of hydrogen-bond acceptors (Lipinski definition) is 3. The number of aryl methyl sites for hydroxylation is 1. The van der Waals surface area contributed by atoms with E-state index in [-0.39, 0.29) is 12.4 Å². The average molecular weight is 295 g/mol. The predicted octanol–water partition coefficient (Wildman–Crippen LogP) is 2.87. The normalized spacial score (nSPS) is 10.9. The zero-order valence-corrected chi connectivity index (χ0v) is 12.2. The number of nitrogens with one attached hydrogen (secondary N) is 1. The molecule has 1 aromatic heterocycles. The third kappa shape index (κ3) is 3.78. The van der Waals surface area contributed by atoms with Crippen LogP contribution in [-0.4, -0.2) is 16.1 Å². The number of rotatable bonds is 7. The summed E-state index contributed by atoms with van der Waals surface area (Å²) in [5, 5.41) is 3.02. The number of benzene rings is 1. The van der Waals surface area contributed by atoms with Gasteiger partial charge in [0.25, 0.3) is 0 Å². The molecule has 0 fully saturated rings. The summed E-state index contributed by atoms with van der Waals surface area (Å²) in [6, 6.07) is 2.57. The summed E-state index contributed by atoms with van der Waals surface area (Å²) < 4.78 is 35.0. The van der Waals surface area contributed by atoms with E-state index in [2.05, 4.69) is 10.3 Å². The molecule has 114 valence electrons. The lowest BCUT2D eigenvalue weighted by molar-refractivity contribution is 0.261. The van der Waals surface area contributed by atoms with Crippen molar-refractivity contribution < 1.29 is 13.5 Å². The first-order chi connectivity index (χ1) is 10.2. The number of imidazole rings is 1. The van der Waals surface area contributed by atoms with Crippen molar-refractivity contribution in [2.75, 3.05) is 6.54 Å². The Morgan fingerprint density at radius 3 is 2.57 bits per heavy atom. The molecule has 1 aromatic carbocycles. The Hall–Kier alpha value is -1.95. The third-order valence-corrected chi connectivity index (χ3v) is 3.13. The second kappa shape index (κ2) is 7.17. The molecule has 0 saturated heterocycles. The molecule has 2 rings (SSSR count). The van der Waals surface area contributed by atoms with Crippen LogP contribution in [0.2, 0.25) is 0 Å². The van der Waals surface area contributed by atoms with Crippen molar-refractivity contribution in [3.63, 3.8) is 0 Å². The van der Waals surface area contributed by atoms with Crippen molar-refractivity contribution in [1.82, 2.24) is 14.9 Å². The Kier molecular flexibility index (Phi) is 5.27. The van der Waals surface area contributed by atoms with E-state index in [4.69, 9.17) is 4.74 Å². The minimum atomic E-state index is -0.697. The number of aromatic nitrogens is 2. The highest BCUT2D eigenvalue weighted by Gasteiger charge is 2.14. The zero-order valence-electron chi connectivity index (χ0n) is 12.2. The standard InChI is InChI=1S/C15H19F2N3O/c1-3-18-9-11-7-12(16)15(13(17)8-11)21-10-14-19-5-6-20(14)4-2/h5-8,18H,3-4,9-10H2,1-2H3. The van der Waals surface area contributed by atoms with Crippen LogP contribution >= 0.6 is 0 Å². The van der Waals surface area contributed by atoms with Gasteiger partial charge in [0.05, 0.1) is 0 Å². The largest absolute Gasteiger partial charge is 0.480 e. The van der Waals surface area contributed by atoms with Gasteiger partial charge in [-0.1, -0.05) is 6.92 Å². The summed E-state index contributed by atoms with van der Waals surface area (Å²) in [5.41, 5.74) is 0.550. The van der Waals surface area contributed by atoms with Crippen molar-refractivity contribution in [1.29, 1.82) is 0 Å². The summed E-state index contributed by atoms with van der Waals surface area (Å²) in [6.07, 6.45) is 3.43. The summed E-state index contributed by atoms with van der Waals surface area (Å²) in [5.74, 6) is -1.12. The van der Waals surface area contributed by atoms with Gasteiger partial charge in [0.2, 0.25) is 0 Å². The second-order valence-electron chi connectivity index (χ2n) is 4.59. The van der Waals surface area contributed by atoms with Crippen molar-refractivity contribution in [3.8, 4) is 5.75 Å². The summed E-state index contributed by atoms with van der Waals surface area (Å²) in [7, 11) is 0. The van der Waals surface area contributed by atoms with Crippen LogP contribution in [0.3, 0.4) is 0 Å². The Morgan fingerprint density at radius 2 is 1.95 bits per heavy atom. The van der Waals surface area contributed by atoms with Crippen LogP contribution < -0.4 is 10.1 Å². The van der Waals surface area contributed by atoms with Gasteiger partial charge >= 0.3 is 0 Å². The van der Waals surface area contributed by atoms with Crippen LogP contribution in [0.15, 0.2) is 24.5 Å². The topological polar surface area (TPSA) is 39.1 Å². The lowest BCUT2D eigenvalue weighted by Gasteiger charge is -2.11. The maximum absolute atomic E-state index is 13.9. The van der Waals surface area contributed by atoms with E-state index in [1.165, 1.54) is 12.1 Å². The molecule has 0 unspecified atom stereocenters. The van der Waals surface area contributed by atoms with Crippen LogP contribution in [-0.2, 0) is 19.7 Å². The highest BCUT2D eigenvalue weighted by molar-refractivity contribution is 5.31. The molecule has 21 heavy (non-hydrogen) atoms. The molecule has 1 heterocycles. The molecule has 0 amide bonds. The van der Waals surface area contributed by atoms with Gasteiger partial charge in [0, 0.05) is 25.5 Å². The van der Waals surface area contributed by atoms with Gasteiger partial charge in [-0.25, -0.2) is 13.8 Å². The highest BCUT2D eigenvalue weighted by Crippen LogP contribution is 2.24. The molecule has 0 radical (unpaired) electrons. The highest BCUT2D eigenvalue weighted by atomic mass is 19.1. The molecule has 0 atom stereocenters. The Bertz CT molecular complexity index is 575. The third-order valence-electron chi connectivity index (χ3n) is 3.13. The van der Waals surface area contributed by atoms with E-state index in [9.17, 15) is 8.78 Å². The van der Waals surface area contributed by atoms with Crippen molar-refractivity contribution in [2.24, 2.45) is 0 Å². The summed E-state index contributed by atoms with van der Waals surface area (Å²) >= 11 is 0. The van der Waals surface area contributed by atoms with E-state index >= 15 is 0 Å². The molecule has 1 N–H and O–H groups in total. The van der Waals surface area contributed by atoms with Crippen LogP contribution in [0.25, 0.3) is 0 Å². The van der Waals surface area contributed by atoms with Crippen LogP contribution in [0.4, 0.5) is 8.78 Å². The van der Waals surface area contributed by atoms with Gasteiger partial charge < -0.3 is 14.6 Å². The maximum Gasteiger partial charge on any atom is 0.191 e. The van der Waals surface area contributed by atoms with E-state index in [0.717, 1.165) is 13.1 Å². The first kappa shape index (κ1) is 15.4. The van der Waals surface area contributed by atoms with Crippen molar-refractivity contribution in [3.05, 3.63) is 47.5 Å². The van der Waals surface area contributed by atoms with E-state index in [1.807, 2.05) is 18.4 Å². The maximum atomic E-state index is 13.9. The monoisotopic (exact) mass is 295 g/mol. The molecule has 0 saturated carbocycles. The molecule has 0 spiro atoms. The Morgan fingerprint density at radius 1 is 1.24 bits per heavy atom. The smallest absolute Gasteiger partial charge is 0.191 e. The Balaban J connectivity index is 2.09. The van der Waals surface area contributed by atoms with Crippen LogP contribution in [0.5, 0.6) is 5.75 Å². The lowest BCUT2D eigenvalue weighted by atomic mass is 10.2. The van der Waals surface area contributed by atoms with Gasteiger partial charge in [-0.05, 0) is 31.2 Å². The second-order valence-corrected chi connectivity index (χ2v) is 4.59. The number of hydrogen-bond donors (Lipinski definition) is 1. The van der Waals surface area contributed by atoms with Crippen LogP contribution in [0.1, 0.15) is 25.2 Å². The molecule has 2 aromatic rings. The molecule has 4 nitrogen and oxygen atoms in total. The fraction of sp³-hybridized carbons (Fsp3) is 0.400. The van der Waals surface area contributed by atoms with Gasteiger partial charge in [0.1, 0.15) is 12.4 Å². The quantitative estimate of drug-likeness (QED) is 0.853. The van der Waals surface area contributed by atoms with E-state index in [0.29, 0.717) is 17.9 Å². The fourth-order valence-electron chi connectivity index (χ4n) is 2.03. The van der Waals surface area contributed by atoms with Gasteiger partial charge in [-0.3, -0.25) is 0 Å². The minimum Gasteiger partial charge on any atom is -0.480 e. The molecule has 0 aliphatic heterocycles. The van der Waals surface area contributed by atoms with Gasteiger partial charge in [-0.15, -0.1) is 0 Å². The van der Waals surface area contributed by atoms with E-state index < -0.39 is 11.6 Å². The van der Waals surface area contributed by atoms with Crippen LogP contribution in [0, 0.1) is 11.6 Å². The fourth-order valence-corrected chi connectivity index (χ4v) is 2.03. The van der Waals surface area contributed by atoms with Crippen molar-refractivity contribution >= 4 is 0 Å². The summed E-state index contributed by atoms with van der Waals surface area (Å²) in [4.78, 5) is 4.10. The minimum absolute atomic E-state index is 0.0290. The number of ether oxygens (including phenoxy) is 1. The number of nitrogens with zero attached hydrogens (tertiary/aromatic N) is 2. The molecule has 0 aliphatic rings.